The zero-order chi connectivity index (χ0) is 22.8. The van der Waals surface area contributed by atoms with E-state index in [1.807, 2.05) is 30.3 Å². The van der Waals surface area contributed by atoms with E-state index in [4.69, 9.17) is 9.47 Å². The summed E-state index contributed by atoms with van der Waals surface area (Å²) in [4.78, 5) is 24.7. The second kappa shape index (κ2) is 12.1. The summed E-state index contributed by atoms with van der Waals surface area (Å²) >= 11 is 0. The number of anilines is 2. The molecule has 0 radical (unpaired) electrons. The van der Waals surface area contributed by atoms with Gasteiger partial charge in [0, 0.05) is 30.1 Å². The standard InChI is InChI=1S/C25H33N3O4/c1-18(2)12-14-32-22-10-8-20(9-11-22)28-24(29)17-26-21-6-3-5-19(15-21)25(30)27-16-23-7-4-13-31-23/h3,5-6,8-11,15,18,23,26H,4,7,12-14,16-17H2,1-2H3,(H,27,30)(H,28,29). The highest BCUT2D eigenvalue weighted by Crippen LogP contribution is 2.17. The summed E-state index contributed by atoms with van der Waals surface area (Å²) in [5.74, 6) is 1.06. The lowest BCUT2D eigenvalue weighted by atomic mass is 10.1. The van der Waals surface area contributed by atoms with E-state index in [1.165, 1.54) is 0 Å². The van der Waals surface area contributed by atoms with Gasteiger partial charge < -0.3 is 25.4 Å². The van der Waals surface area contributed by atoms with Crippen LogP contribution in [0, 0.1) is 5.92 Å². The van der Waals surface area contributed by atoms with E-state index >= 15 is 0 Å². The van der Waals surface area contributed by atoms with Gasteiger partial charge in [-0.2, -0.15) is 0 Å². The highest BCUT2D eigenvalue weighted by molar-refractivity contribution is 5.96. The van der Waals surface area contributed by atoms with E-state index in [2.05, 4.69) is 29.8 Å². The molecule has 172 valence electrons. The van der Waals surface area contributed by atoms with Crippen molar-refractivity contribution in [1.29, 1.82) is 0 Å². The predicted molar refractivity (Wildman–Crippen MR) is 126 cm³/mol. The predicted octanol–water partition coefficient (Wildman–Crippen LogP) is 4.07. The quantitative estimate of drug-likeness (QED) is 0.491. The van der Waals surface area contributed by atoms with Gasteiger partial charge in [0.2, 0.25) is 5.91 Å². The number of hydrogen-bond donors (Lipinski definition) is 3. The van der Waals surface area contributed by atoms with E-state index in [0.29, 0.717) is 36.0 Å². The topological polar surface area (TPSA) is 88.7 Å². The van der Waals surface area contributed by atoms with Gasteiger partial charge >= 0.3 is 0 Å². The maximum atomic E-state index is 12.4. The van der Waals surface area contributed by atoms with Crippen molar-refractivity contribution in [2.24, 2.45) is 5.92 Å². The molecular formula is C25H33N3O4. The molecule has 0 aliphatic carbocycles. The Morgan fingerprint density at radius 1 is 1.12 bits per heavy atom. The normalized spacial score (nSPS) is 15.4. The van der Waals surface area contributed by atoms with Crippen molar-refractivity contribution in [2.45, 2.75) is 39.2 Å². The van der Waals surface area contributed by atoms with Crippen LogP contribution in [0.5, 0.6) is 5.75 Å². The Morgan fingerprint density at radius 3 is 2.66 bits per heavy atom. The summed E-state index contributed by atoms with van der Waals surface area (Å²) in [6.07, 6.45) is 3.12. The molecule has 3 N–H and O–H groups in total. The van der Waals surface area contributed by atoms with Gasteiger partial charge in [-0.3, -0.25) is 9.59 Å². The summed E-state index contributed by atoms with van der Waals surface area (Å²) in [5.41, 5.74) is 1.95. The lowest BCUT2D eigenvalue weighted by Crippen LogP contribution is -2.31. The Labute approximate surface area is 189 Å². The van der Waals surface area contributed by atoms with Crippen molar-refractivity contribution in [2.75, 3.05) is 36.9 Å². The van der Waals surface area contributed by atoms with Crippen LogP contribution in [0.2, 0.25) is 0 Å². The van der Waals surface area contributed by atoms with E-state index < -0.39 is 0 Å². The number of nitrogens with one attached hydrogen (secondary N) is 3. The average Bonchev–Trinajstić information content (AvgIpc) is 3.31. The van der Waals surface area contributed by atoms with Gasteiger partial charge in [-0.1, -0.05) is 19.9 Å². The third kappa shape index (κ3) is 7.89. The van der Waals surface area contributed by atoms with Gasteiger partial charge in [0.15, 0.2) is 0 Å². The Bertz CT molecular complexity index is 877. The largest absolute Gasteiger partial charge is 0.494 e. The lowest BCUT2D eigenvalue weighted by Gasteiger charge is -2.12. The molecule has 32 heavy (non-hydrogen) atoms. The van der Waals surface area contributed by atoms with Crippen molar-refractivity contribution < 1.29 is 19.1 Å². The molecule has 0 bridgehead atoms. The number of hydrogen-bond acceptors (Lipinski definition) is 5. The number of rotatable bonds is 11. The first-order valence-corrected chi connectivity index (χ1v) is 11.3. The molecule has 3 rings (SSSR count). The van der Waals surface area contributed by atoms with Crippen molar-refractivity contribution in [1.82, 2.24) is 5.32 Å². The Kier molecular flexibility index (Phi) is 8.92. The van der Waals surface area contributed by atoms with Crippen LogP contribution in [0.15, 0.2) is 48.5 Å². The molecule has 1 unspecified atom stereocenters. The van der Waals surface area contributed by atoms with E-state index in [-0.39, 0.29) is 24.5 Å². The molecule has 2 aromatic rings. The smallest absolute Gasteiger partial charge is 0.251 e. The molecule has 1 aliphatic rings. The summed E-state index contributed by atoms with van der Waals surface area (Å²) in [7, 11) is 0. The summed E-state index contributed by atoms with van der Waals surface area (Å²) < 4.78 is 11.2. The summed E-state index contributed by atoms with van der Waals surface area (Å²) in [5, 5.41) is 8.83. The van der Waals surface area contributed by atoms with Crippen LogP contribution in [-0.4, -0.2) is 44.2 Å². The fourth-order valence-corrected chi connectivity index (χ4v) is 3.32. The minimum absolute atomic E-state index is 0.0909. The fraction of sp³-hybridized carbons (Fsp3) is 0.440. The van der Waals surface area contributed by atoms with Crippen LogP contribution in [0.1, 0.15) is 43.5 Å². The molecule has 1 fully saturated rings. The highest BCUT2D eigenvalue weighted by Gasteiger charge is 2.16. The fourth-order valence-electron chi connectivity index (χ4n) is 3.32. The molecule has 1 saturated heterocycles. The second-order valence-electron chi connectivity index (χ2n) is 8.38. The van der Waals surface area contributed by atoms with Crippen LogP contribution < -0.4 is 20.7 Å². The monoisotopic (exact) mass is 439 g/mol. The molecular weight excluding hydrogens is 406 g/mol. The molecule has 2 amide bonds. The average molecular weight is 440 g/mol. The Morgan fingerprint density at radius 2 is 1.94 bits per heavy atom. The molecule has 0 aromatic heterocycles. The van der Waals surface area contributed by atoms with Crippen LogP contribution in [0.4, 0.5) is 11.4 Å². The SMILES string of the molecule is CC(C)CCOc1ccc(NC(=O)CNc2cccc(C(=O)NCC3CCCO3)c2)cc1. The molecule has 1 aliphatic heterocycles. The van der Waals surface area contributed by atoms with Crippen LogP contribution >= 0.6 is 0 Å². The second-order valence-corrected chi connectivity index (χ2v) is 8.38. The lowest BCUT2D eigenvalue weighted by molar-refractivity contribution is -0.114. The van der Waals surface area contributed by atoms with E-state index in [9.17, 15) is 9.59 Å². The molecule has 2 aromatic carbocycles. The third-order valence-corrected chi connectivity index (χ3v) is 5.19. The first kappa shape index (κ1) is 23.6. The van der Waals surface area contributed by atoms with Crippen molar-refractivity contribution in [3.8, 4) is 5.75 Å². The van der Waals surface area contributed by atoms with Crippen molar-refractivity contribution >= 4 is 23.2 Å². The number of amides is 2. The maximum absolute atomic E-state index is 12.4. The number of benzene rings is 2. The van der Waals surface area contributed by atoms with Gasteiger partial charge in [-0.25, -0.2) is 0 Å². The van der Waals surface area contributed by atoms with Gasteiger partial charge in [0.05, 0.1) is 19.3 Å². The summed E-state index contributed by atoms with van der Waals surface area (Å²) in [6.45, 7) is 6.37. The Hall–Kier alpha value is -3.06. The zero-order valence-electron chi connectivity index (χ0n) is 18.9. The van der Waals surface area contributed by atoms with Crippen molar-refractivity contribution in [3.63, 3.8) is 0 Å². The van der Waals surface area contributed by atoms with E-state index in [1.54, 1.807) is 18.2 Å². The zero-order valence-corrected chi connectivity index (χ0v) is 18.9. The first-order chi connectivity index (χ1) is 15.5. The minimum Gasteiger partial charge on any atom is -0.494 e. The molecule has 0 saturated carbocycles. The van der Waals surface area contributed by atoms with Crippen molar-refractivity contribution in [3.05, 3.63) is 54.1 Å². The van der Waals surface area contributed by atoms with Crippen LogP contribution in [0.3, 0.4) is 0 Å². The minimum atomic E-state index is -0.174. The third-order valence-electron chi connectivity index (χ3n) is 5.19. The number of ether oxygens (including phenoxy) is 2. The number of carbonyl (C=O) groups is 2. The first-order valence-electron chi connectivity index (χ1n) is 11.3. The van der Waals surface area contributed by atoms with E-state index in [0.717, 1.165) is 31.6 Å². The van der Waals surface area contributed by atoms with Gasteiger partial charge in [-0.15, -0.1) is 0 Å². The number of carbonyl (C=O) groups excluding carboxylic acids is 2. The molecule has 1 heterocycles. The van der Waals surface area contributed by atoms with Crippen LogP contribution in [0.25, 0.3) is 0 Å². The Balaban J connectivity index is 1.42. The van der Waals surface area contributed by atoms with Gasteiger partial charge in [0.25, 0.3) is 5.91 Å². The molecule has 1 atom stereocenters. The van der Waals surface area contributed by atoms with Crippen LogP contribution in [-0.2, 0) is 9.53 Å². The highest BCUT2D eigenvalue weighted by atomic mass is 16.5. The molecule has 7 nitrogen and oxygen atoms in total. The molecule has 0 spiro atoms. The maximum Gasteiger partial charge on any atom is 0.251 e. The molecule has 7 heteroatoms. The summed E-state index contributed by atoms with van der Waals surface area (Å²) in [6, 6.07) is 14.4. The van der Waals surface area contributed by atoms with Gasteiger partial charge in [0.1, 0.15) is 5.75 Å². The van der Waals surface area contributed by atoms with Gasteiger partial charge in [-0.05, 0) is 67.6 Å².